The van der Waals surface area contributed by atoms with E-state index < -0.39 is 6.04 Å². The van der Waals surface area contributed by atoms with Crippen LogP contribution in [0.1, 0.15) is 33.1 Å². The minimum atomic E-state index is -0.519. The maximum Gasteiger partial charge on any atom is 0.210 e. The fraction of sp³-hybridized carbons (Fsp3) is 0.857. The second-order valence-corrected chi connectivity index (χ2v) is 2.73. The van der Waals surface area contributed by atoms with Gasteiger partial charge in [-0.05, 0) is 13.3 Å². The van der Waals surface area contributed by atoms with E-state index >= 15 is 0 Å². The molecule has 0 aliphatic rings. The number of hydrogen-bond acceptors (Lipinski definition) is 3. The Kier molecular flexibility index (Phi) is 4.41. The van der Waals surface area contributed by atoms with Gasteiger partial charge in [-0.3, -0.25) is 10.1 Å². The zero-order chi connectivity index (χ0) is 8.85. The normalized spacial score (nSPS) is 12.5. The van der Waals surface area contributed by atoms with Crippen molar-refractivity contribution < 1.29 is 9.72 Å². The Morgan fingerprint density at radius 3 is 2.55 bits per heavy atom. The van der Waals surface area contributed by atoms with Gasteiger partial charge in [-0.2, -0.15) is 0 Å². The number of nitro groups is 1. The zero-order valence-electron chi connectivity index (χ0n) is 6.87. The van der Waals surface area contributed by atoms with Crippen LogP contribution in [0, 0.1) is 10.1 Å². The lowest BCUT2D eigenvalue weighted by Crippen LogP contribution is -2.14. The topological polar surface area (TPSA) is 60.2 Å². The van der Waals surface area contributed by atoms with Gasteiger partial charge >= 0.3 is 0 Å². The highest BCUT2D eigenvalue weighted by molar-refractivity contribution is 5.75. The van der Waals surface area contributed by atoms with E-state index in [1.54, 1.807) is 6.92 Å². The third kappa shape index (κ3) is 5.51. The SMILES string of the molecule is CC(=O)CCCC(C)[N+](=O)[O-]. The van der Waals surface area contributed by atoms with E-state index in [4.69, 9.17) is 0 Å². The summed E-state index contributed by atoms with van der Waals surface area (Å²) in [5.74, 6) is 0.0977. The Hall–Kier alpha value is -0.930. The van der Waals surface area contributed by atoms with Crippen LogP contribution >= 0.6 is 0 Å². The van der Waals surface area contributed by atoms with Crippen LogP contribution in [0.2, 0.25) is 0 Å². The van der Waals surface area contributed by atoms with Gasteiger partial charge in [0.1, 0.15) is 5.78 Å². The van der Waals surface area contributed by atoms with Crippen molar-refractivity contribution in [2.45, 2.75) is 39.2 Å². The molecule has 0 saturated carbocycles. The number of ketones is 1. The molecule has 4 heteroatoms. The Morgan fingerprint density at radius 2 is 2.18 bits per heavy atom. The Balaban J connectivity index is 3.39. The molecule has 4 nitrogen and oxygen atoms in total. The Morgan fingerprint density at radius 1 is 1.64 bits per heavy atom. The first-order valence-corrected chi connectivity index (χ1v) is 3.67. The standard InChI is InChI=1S/C7H13NO3/c1-6(8(10)11)4-3-5-7(2)9/h6H,3-5H2,1-2H3. The second-order valence-electron chi connectivity index (χ2n) is 2.73. The number of hydrogen-bond donors (Lipinski definition) is 0. The molecule has 0 saturated heterocycles. The van der Waals surface area contributed by atoms with Gasteiger partial charge in [0.25, 0.3) is 0 Å². The predicted molar refractivity (Wildman–Crippen MR) is 41.0 cm³/mol. The summed E-state index contributed by atoms with van der Waals surface area (Å²) in [6, 6.07) is -0.519. The van der Waals surface area contributed by atoms with E-state index in [0.29, 0.717) is 19.3 Å². The largest absolute Gasteiger partial charge is 0.300 e. The van der Waals surface area contributed by atoms with Crippen molar-refractivity contribution in [2.75, 3.05) is 0 Å². The minimum absolute atomic E-state index is 0.0977. The molecule has 0 N–H and O–H groups in total. The fourth-order valence-electron chi connectivity index (χ4n) is 0.752. The summed E-state index contributed by atoms with van der Waals surface area (Å²) in [6.07, 6.45) is 1.57. The van der Waals surface area contributed by atoms with E-state index in [1.807, 2.05) is 0 Å². The molecule has 0 aromatic rings. The third-order valence-corrected chi connectivity index (χ3v) is 1.51. The number of carbonyl (C=O) groups is 1. The molecular weight excluding hydrogens is 146 g/mol. The molecule has 1 unspecified atom stereocenters. The fourth-order valence-corrected chi connectivity index (χ4v) is 0.752. The summed E-state index contributed by atoms with van der Waals surface area (Å²) in [7, 11) is 0. The van der Waals surface area contributed by atoms with Crippen molar-refractivity contribution in [3.63, 3.8) is 0 Å². The molecule has 0 spiro atoms. The number of Topliss-reactive ketones (excluding diaryl/α,β-unsaturated/α-hetero) is 1. The van der Waals surface area contributed by atoms with Gasteiger partial charge in [0.15, 0.2) is 0 Å². The first-order chi connectivity index (χ1) is 5.04. The average molecular weight is 159 g/mol. The molecule has 0 radical (unpaired) electrons. The van der Waals surface area contributed by atoms with Crippen molar-refractivity contribution in [3.8, 4) is 0 Å². The smallest absolute Gasteiger partial charge is 0.210 e. The van der Waals surface area contributed by atoms with Crippen molar-refractivity contribution in [1.82, 2.24) is 0 Å². The molecular formula is C7H13NO3. The summed E-state index contributed by atoms with van der Waals surface area (Å²) in [5.41, 5.74) is 0. The Labute approximate surface area is 65.7 Å². The van der Waals surface area contributed by atoms with Gasteiger partial charge in [0, 0.05) is 24.7 Å². The van der Waals surface area contributed by atoms with Crippen LogP contribution in [-0.2, 0) is 4.79 Å². The van der Waals surface area contributed by atoms with Gasteiger partial charge in [0.2, 0.25) is 6.04 Å². The highest BCUT2D eigenvalue weighted by atomic mass is 16.6. The summed E-state index contributed by atoms with van der Waals surface area (Å²) in [5, 5.41) is 10.1. The van der Waals surface area contributed by atoms with Crippen molar-refractivity contribution in [1.29, 1.82) is 0 Å². The lowest BCUT2D eigenvalue weighted by atomic mass is 10.1. The molecule has 0 aliphatic heterocycles. The van der Waals surface area contributed by atoms with Gasteiger partial charge in [0.05, 0.1) is 0 Å². The zero-order valence-corrected chi connectivity index (χ0v) is 6.87. The van der Waals surface area contributed by atoms with Crippen LogP contribution in [0.25, 0.3) is 0 Å². The molecule has 0 aromatic carbocycles. The Bertz CT molecular complexity index is 156. The molecule has 0 aromatic heterocycles. The van der Waals surface area contributed by atoms with E-state index in [0.717, 1.165) is 0 Å². The maximum atomic E-state index is 10.4. The maximum absolute atomic E-state index is 10.4. The molecule has 64 valence electrons. The monoisotopic (exact) mass is 159 g/mol. The molecule has 0 aliphatic carbocycles. The van der Waals surface area contributed by atoms with Crippen LogP contribution in [0.3, 0.4) is 0 Å². The number of nitrogens with zero attached hydrogens (tertiary/aromatic N) is 1. The predicted octanol–water partition coefficient (Wildman–Crippen LogP) is 1.41. The van der Waals surface area contributed by atoms with Crippen molar-refractivity contribution in [2.24, 2.45) is 0 Å². The van der Waals surface area contributed by atoms with Crippen LogP contribution in [0.15, 0.2) is 0 Å². The molecule has 0 rings (SSSR count). The lowest BCUT2D eigenvalue weighted by molar-refractivity contribution is -0.518. The highest BCUT2D eigenvalue weighted by Gasteiger charge is 2.11. The summed E-state index contributed by atoms with van der Waals surface area (Å²) in [4.78, 5) is 20.2. The van der Waals surface area contributed by atoms with Crippen LogP contribution < -0.4 is 0 Å². The molecule has 0 bridgehead atoms. The van der Waals surface area contributed by atoms with Crippen LogP contribution in [-0.4, -0.2) is 16.7 Å². The van der Waals surface area contributed by atoms with E-state index in [2.05, 4.69) is 0 Å². The molecule has 0 heterocycles. The second kappa shape index (κ2) is 4.82. The molecule has 0 fully saturated rings. The lowest BCUT2D eigenvalue weighted by Gasteiger charge is -2.00. The van der Waals surface area contributed by atoms with Crippen LogP contribution in [0.4, 0.5) is 0 Å². The summed E-state index contributed by atoms with van der Waals surface area (Å²) >= 11 is 0. The number of carbonyl (C=O) groups excluding carboxylic acids is 1. The molecule has 0 amide bonds. The van der Waals surface area contributed by atoms with Crippen molar-refractivity contribution in [3.05, 3.63) is 10.1 Å². The van der Waals surface area contributed by atoms with E-state index in [-0.39, 0.29) is 10.7 Å². The quantitative estimate of drug-likeness (QED) is 0.450. The third-order valence-electron chi connectivity index (χ3n) is 1.51. The van der Waals surface area contributed by atoms with E-state index in [1.165, 1.54) is 6.92 Å². The average Bonchev–Trinajstić information content (AvgIpc) is 1.86. The van der Waals surface area contributed by atoms with Gasteiger partial charge in [-0.25, -0.2) is 0 Å². The molecule has 11 heavy (non-hydrogen) atoms. The van der Waals surface area contributed by atoms with Gasteiger partial charge < -0.3 is 4.79 Å². The number of rotatable bonds is 5. The summed E-state index contributed by atoms with van der Waals surface area (Å²) in [6.45, 7) is 3.05. The first kappa shape index (κ1) is 10.1. The van der Waals surface area contributed by atoms with Crippen molar-refractivity contribution >= 4 is 5.78 Å². The van der Waals surface area contributed by atoms with E-state index in [9.17, 15) is 14.9 Å². The van der Waals surface area contributed by atoms with Gasteiger partial charge in [-0.1, -0.05) is 0 Å². The van der Waals surface area contributed by atoms with Crippen LogP contribution in [0.5, 0.6) is 0 Å². The van der Waals surface area contributed by atoms with Gasteiger partial charge in [-0.15, -0.1) is 0 Å². The minimum Gasteiger partial charge on any atom is -0.300 e. The first-order valence-electron chi connectivity index (χ1n) is 3.67. The highest BCUT2D eigenvalue weighted by Crippen LogP contribution is 2.03. The molecule has 1 atom stereocenters. The summed E-state index contributed by atoms with van der Waals surface area (Å²) < 4.78 is 0.